The lowest BCUT2D eigenvalue weighted by Gasteiger charge is -2.10. The van der Waals surface area contributed by atoms with Crippen LogP contribution >= 0.6 is 0 Å². The Morgan fingerprint density at radius 2 is 1.86 bits per heavy atom. The molecule has 0 aliphatic carbocycles. The van der Waals surface area contributed by atoms with Crippen LogP contribution in [-0.4, -0.2) is 26.7 Å². The fourth-order valence-electron chi connectivity index (χ4n) is 1.92. The molecule has 0 unspecified atom stereocenters. The first-order chi connectivity index (χ1) is 9.99. The van der Waals surface area contributed by atoms with Crippen LogP contribution in [0.15, 0.2) is 36.7 Å². The molecule has 21 heavy (non-hydrogen) atoms. The van der Waals surface area contributed by atoms with Crippen LogP contribution in [0.4, 0.5) is 13.2 Å². The molecule has 0 atom stereocenters. The van der Waals surface area contributed by atoms with E-state index in [4.69, 9.17) is 4.74 Å². The second kappa shape index (κ2) is 4.72. The minimum Gasteiger partial charge on any atom is -0.497 e. The Balaban J connectivity index is 2.18. The zero-order valence-electron chi connectivity index (χ0n) is 10.8. The molecular weight excluding hydrogens is 285 g/mol. The summed E-state index contributed by atoms with van der Waals surface area (Å²) >= 11 is 0. The van der Waals surface area contributed by atoms with Crippen molar-refractivity contribution in [2.75, 3.05) is 7.11 Å². The predicted octanol–water partition coefficient (Wildman–Crippen LogP) is 2.82. The highest BCUT2D eigenvalue weighted by Gasteiger charge is 2.35. The minimum atomic E-state index is -4.55. The fraction of sp³-hybridized carbons (Fsp3) is 0.154. The predicted molar refractivity (Wildman–Crippen MR) is 67.8 cm³/mol. The molecule has 108 valence electrons. The van der Waals surface area contributed by atoms with E-state index in [0.717, 1.165) is 12.4 Å². The van der Waals surface area contributed by atoms with E-state index in [1.165, 1.54) is 7.11 Å². The highest BCUT2D eigenvalue weighted by atomic mass is 19.4. The minimum absolute atomic E-state index is 0.101. The van der Waals surface area contributed by atoms with Crippen molar-refractivity contribution >= 4 is 5.78 Å². The first-order valence-electron chi connectivity index (χ1n) is 5.91. The molecule has 8 heteroatoms. The summed E-state index contributed by atoms with van der Waals surface area (Å²) in [7, 11) is 1.51. The maximum absolute atomic E-state index is 13.1. The molecular formula is C13H9F3N4O. The van der Waals surface area contributed by atoms with Crippen LogP contribution in [0.3, 0.4) is 0 Å². The van der Waals surface area contributed by atoms with E-state index in [2.05, 4.69) is 15.1 Å². The van der Waals surface area contributed by atoms with Crippen molar-refractivity contribution in [3.8, 4) is 17.0 Å². The first-order valence-corrected chi connectivity index (χ1v) is 5.91. The molecule has 0 bridgehead atoms. The summed E-state index contributed by atoms with van der Waals surface area (Å²) in [5.74, 6) is 0.508. The second-order valence-corrected chi connectivity index (χ2v) is 4.22. The number of ether oxygens (including phenoxy) is 1. The number of fused-ring (bicyclic) bond motifs is 1. The van der Waals surface area contributed by atoms with Crippen molar-refractivity contribution in [1.29, 1.82) is 0 Å². The molecule has 3 rings (SSSR count). The van der Waals surface area contributed by atoms with Crippen LogP contribution in [0, 0.1) is 0 Å². The molecule has 0 saturated heterocycles. The lowest BCUT2D eigenvalue weighted by molar-refractivity contribution is -0.142. The number of nitrogens with zero attached hydrogens (tertiary/aromatic N) is 4. The number of aromatic nitrogens is 4. The number of rotatable bonds is 2. The number of alkyl halides is 3. The van der Waals surface area contributed by atoms with Crippen LogP contribution in [0.25, 0.3) is 17.0 Å². The molecule has 0 N–H and O–H groups in total. The second-order valence-electron chi connectivity index (χ2n) is 4.22. The summed E-state index contributed by atoms with van der Waals surface area (Å²) in [5, 5.41) is 3.55. The Bertz CT molecular complexity index is 780. The Kier molecular flexibility index (Phi) is 3.00. The molecule has 3 aromatic rings. The van der Waals surface area contributed by atoms with Crippen molar-refractivity contribution in [1.82, 2.24) is 19.6 Å². The van der Waals surface area contributed by atoms with Gasteiger partial charge in [0.25, 0.3) is 5.78 Å². The number of benzene rings is 1. The number of hydrogen-bond acceptors (Lipinski definition) is 4. The molecule has 0 amide bonds. The van der Waals surface area contributed by atoms with Gasteiger partial charge in [0.1, 0.15) is 12.1 Å². The Hall–Kier alpha value is -2.64. The van der Waals surface area contributed by atoms with Crippen molar-refractivity contribution in [3.63, 3.8) is 0 Å². The monoisotopic (exact) mass is 294 g/mol. The highest BCUT2D eigenvalue weighted by molar-refractivity contribution is 5.62. The van der Waals surface area contributed by atoms with E-state index < -0.39 is 11.9 Å². The Morgan fingerprint density at radius 3 is 2.48 bits per heavy atom. The molecule has 0 aliphatic rings. The summed E-state index contributed by atoms with van der Waals surface area (Å²) in [6, 6.07) is 7.52. The van der Waals surface area contributed by atoms with Gasteiger partial charge in [0, 0.05) is 5.56 Å². The van der Waals surface area contributed by atoms with E-state index >= 15 is 0 Å². The van der Waals surface area contributed by atoms with Crippen molar-refractivity contribution in [3.05, 3.63) is 42.4 Å². The Labute approximate surface area is 117 Å². The van der Waals surface area contributed by atoms with Gasteiger partial charge in [-0.15, -0.1) is 0 Å². The molecule has 0 aliphatic heterocycles. The third kappa shape index (κ3) is 2.39. The Morgan fingerprint density at radius 1 is 1.14 bits per heavy atom. The molecule has 1 aromatic carbocycles. The van der Waals surface area contributed by atoms with Crippen molar-refractivity contribution in [2.24, 2.45) is 0 Å². The topological polar surface area (TPSA) is 52.3 Å². The normalized spacial score (nSPS) is 11.8. The zero-order valence-corrected chi connectivity index (χ0v) is 10.8. The zero-order chi connectivity index (χ0) is 15.0. The molecule has 0 radical (unpaired) electrons. The average molecular weight is 294 g/mol. The summed E-state index contributed by atoms with van der Waals surface area (Å²) in [6.07, 6.45) is -3.51. The molecule has 0 saturated carbocycles. The van der Waals surface area contributed by atoms with E-state index in [1.807, 2.05) is 0 Å². The van der Waals surface area contributed by atoms with Gasteiger partial charge in [0.15, 0.2) is 5.69 Å². The smallest absolute Gasteiger partial charge is 0.433 e. The summed E-state index contributed by atoms with van der Waals surface area (Å²) < 4.78 is 44.9. The van der Waals surface area contributed by atoms with Crippen LogP contribution in [0.2, 0.25) is 0 Å². The lowest BCUT2D eigenvalue weighted by atomic mass is 10.1. The third-order valence-electron chi connectivity index (χ3n) is 2.93. The average Bonchev–Trinajstić information content (AvgIpc) is 2.93. The molecule has 2 heterocycles. The number of methoxy groups -OCH3 is 1. The maximum Gasteiger partial charge on any atom is 0.433 e. The van der Waals surface area contributed by atoms with E-state index in [-0.39, 0.29) is 11.5 Å². The van der Waals surface area contributed by atoms with Gasteiger partial charge in [0.2, 0.25) is 0 Å². The van der Waals surface area contributed by atoms with Gasteiger partial charge < -0.3 is 4.74 Å². The molecule has 2 aromatic heterocycles. The van der Waals surface area contributed by atoms with Gasteiger partial charge in [-0.3, -0.25) is 0 Å². The van der Waals surface area contributed by atoms with E-state index in [1.54, 1.807) is 24.3 Å². The van der Waals surface area contributed by atoms with Crippen molar-refractivity contribution < 1.29 is 17.9 Å². The van der Waals surface area contributed by atoms with E-state index in [9.17, 15) is 13.2 Å². The molecule has 5 nitrogen and oxygen atoms in total. The number of hydrogen-bond donors (Lipinski definition) is 0. The fourth-order valence-corrected chi connectivity index (χ4v) is 1.92. The first kappa shape index (κ1) is 13.3. The summed E-state index contributed by atoms with van der Waals surface area (Å²) in [5.41, 5.74) is -0.215. The van der Waals surface area contributed by atoms with Gasteiger partial charge in [-0.2, -0.15) is 27.8 Å². The van der Waals surface area contributed by atoms with Crippen molar-refractivity contribution in [2.45, 2.75) is 6.18 Å². The van der Waals surface area contributed by atoms with Gasteiger partial charge in [-0.25, -0.2) is 4.98 Å². The lowest BCUT2D eigenvalue weighted by Crippen LogP contribution is -2.13. The van der Waals surface area contributed by atoms with E-state index in [0.29, 0.717) is 15.8 Å². The van der Waals surface area contributed by atoms with Crippen LogP contribution < -0.4 is 4.74 Å². The van der Waals surface area contributed by atoms with Gasteiger partial charge >= 0.3 is 6.18 Å². The molecule has 0 spiro atoms. The maximum atomic E-state index is 13.1. The van der Waals surface area contributed by atoms with Crippen LogP contribution in [0.1, 0.15) is 5.69 Å². The summed E-state index contributed by atoms with van der Waals surface area (Å²) in [6.45, 7) is 0. The van der Waals surface area contributed by atoms with Gasteiger partial charge in [0.05, 0.1) is 12.8 Å². The highest BCUT2D eigenvalue weighted by Crippen LogP contribution is 2.31. The SMILES string of the molecule is COc1ccc(-c2cc(C(F)(F)F)n3ncnc3n2)cc1. The van der Waals surface area contributed by atoms with Gasteiger partial charge in [-0.05, 0) is 30.3 Å². The standard InChI is InChI=1S/C13H9F3N4O/c1-21-9-4-2-8(3-5-9)10-6-11(13(14,15)16)20-12(19-10)17-7-18-20/h2-7H,1H3. The number of halogens is 3. The van der Waals surface area contributed by atoms with Gasteiger partial charge in [-0.1, -0.05) is 0 Å². The van der Waals surface area contributed by atoms with Crippen LogP contribution in [0.5, 0.6) is 5.75 Å². The largest absolute Gasteiger partial charge is 0.497 e. The molecule has 0 fully saturated rings. The third-order valence-corrected chi connectivity index (χ3v) is 2.93. The summed E-state index contributed by atoms with van der Waals surface area (Å²) in [4.78, 5) is 7.81. The quantitative estimate of drug-likeness (QED) is 0.729. The van der Waals surface area contributed by atoms with Crippen LogP contribution in [-0.2, 0) is 6.18 Å².